The average Bonchev–Trinajstić information content (AvgIpc) is 2.91. The lowest BCUT2D eigenvalue weighted by Crippen LogP contribution is -2.52. The molecule has 11 heteroatoms. The van der Waals surface area contributed by atoms with Gasteiger partial charge in [-0.25, -0.2) is 8.42 Å². The van der Waals surface area contributed by atoms with Gasteiger partial charge in [-0.2, -0.15) is 0 Å². The molecular formula is C30H35Cl2N3O5S. The Bertz CT molecular complexity index is 1490. The molecule has 3 rings (SSSR count). The normalized spacial score (nSPS) is 12.1. The second-order valence-electron chi connectivity index (χ2n) is 10.1. The van der Waals surface area contributed by atoms with Crippen molar-refractivity contribution < 1.29 is 22.7 Å². The number of methoxy groups -OCH3 is 1. The molecule has 1 unspecified atom stereocenters. The molecule has 3 aromatic carbocycles. The Balaban J connectivity index is 2.14. The standard InChI is InChI=1S/C30H35Cl2N3O5S/c1-19(2)33-30(37)22(5)34(17-24-25(31)8-7-9-26(24)32)29(36)18-35(27-16-21(4)12-15-28(27)40-6)41(38,39)23-13-10-20(3)11-14-23/h7-16,19,22H,17-18H2,1-6H3,(H,33,37). The quantitative estimate of drug-likeness (QED) is 0.294. The van der Waals surface area contributed by atoms with E-state index in [1.807, 2.05) is 27.7 Å². The number of rotatable bonds is 11. The Hall–Kier alpha value is -3.27. The largest absolute Gasteiger partial charge is 0.495 e. The molecule has 0 heterocycles. The lowest BCUT2D eigenvalue weighted by Gasteiger charge is -2.33. The molecule has 0 saturated carbocycles. The van der Waals surface area contributed by atoms with Gasteiger partial charge in [-0.15, -0.1) is 0 Å². The smallest absolute Gasteiger partial charge is 0.264 e. The van der Waals surface area contributed by atoms with Crippen LogP contribution >= 0.6 is 23.2 Å². The van der Waals surface area contributed by atoms with E-state index < -0.39 is 34.4 Å². The van der Waals surface area contributed by atoms with Crippen LogP contribution in [0.4, 0.5) is 5.69 Å². The highest BCUT2D eigenvalue weighted by Gasteiger charge is 2.34. The molecule has 0 spiro atoms. The van der Waals surface area contributed by atoms with Crippen LogP contribution in [0.2, 0.25) is 10.0 Å². The van der Waals surface area contributed by atoms with Crippen molar-refractivity contribution in [3.8, 4) is 5.75 Å². The zero-order chi connectivity index (χ0) is 30.5. The summed E-state index contributed by atoms with van der Waals surface area (Å²) in [6.45, 7) is 8.12. The number of halogens is 2. The van der Waals surface area contributed by atoms with Crippen LogP contribution in [-0.4, -0.2) is 50.9 Å². The number of ether oxygens (including phenoxy) is 1. The predicted molar refractivity (Wildman–Crippen MR) is 163 cm³/mol. The van der Waals surface area contributed by atoms with E-state index in [0.29, 0.717) is 15.6 Å². The Morgan fingerprint density at radius 1 is 0.927 bits per heavy atom. The molecule has 2 amide bonds. The maximum atomic E-state index is 14.1. The number of hydrogen-bond donors (Lipinski definition) is 1. The molecule has 0 aromatic heterocycles. The van der Waals surface area contributed by atoms with E-state index >= 15 is 0 Å². The summed E-state index contributed by atoms with van der Waals surface area (Å²) in [6.07, 6.45) is 0. The monoisotopic (exact) mass is 619 g/mol. The molecule has 0 aliphatic heterocycles. The van der Waals surface area contributed by atoms with Crippen molar-refractivity contribution in [3.63, 3.8) is 0 Å². The van der Waals surface area contributed by atoms with Crippen LogP contribution in [-0.2, 0) is 26.2 Å². The first-order valence-electron chi connectivity index (χ1n) is 13.0. The van der Waals surface area contributed by atoms with Crippen molar-refractivity contribution >= 4 is 50.7 Å². The molecule has 0 bridgehead atoms. The number of hydrogen-bond acceptors (Lipinski definition) is 5. The minimum Gasteiger partial charge on any atom is -0.495 e. The number of anilines is 1. The second-order valence-corrected chi connectivity index (χ2v) is 12.7. The molecule has 0 fully saturated rings. The second kappa shape index (κ2) is 13.6. The SMILES string of the molecule is COc1ccc(C)cc1N(CC(=O)N(Cc1c(Cl)cccc1Cl)C(C)C(=O)NC(C)C)S(=O)(=O)c1ccc(C)cc1. The molecule has 41 heavy (non-hydrogen) atoms. The fourth-order valence-electron chi connectivity index (χ4n) is 4.19. The van der Waals surface area contributed by atoms with Crippen LogP contribution in [0.25, 0.3) is 0 Å². The molecule has 220 valence electrons. The molecule has 1 atom stereocenters. The summed E-state index contributed by atoms with van der Waals surface area (Å²) in [5.74, 6) is -0.769. The fraction of sp³-hybridized carbons (Fsp3) is 0.333. The third kappa shape index (κ3) is 7.72. The molecule has 1 N–H and O–H groups in total. The highest BCUT2D eigenvalue weighted by atomic mass is 35.5. The summed E-state index contributed by atoms with van der Waals surface area (Å²) in [5, 5.41) is 3.45. The summed E-state index contributed by atoms with van der Waals surface area (Å²) >= 11 is 12.9. The zero-order valence-corrected chi connectivity index (χ0v) is 26.3. The van der Waals surface area contributed by atoms with Gasteiger partial charge >= 0.3 is 0 Å². The lowest BCUT2D eigenvalue weighted by atomic mass is 10.1. The van der Waals surface area contributed by atoms with Crippen LogP contribution in [0, 0.1) is 13.8 Å². The number of carbonyl (C=O) groups is 2. The maximum Gasteiger partial charge on any atom is 0.264 e. The molecular weight excluding hydrogens is 585 g/mol. The fourth-order valence-corrected chi connectivity index (χ4v) is 6.12. The number of nitrogens with zero attached hydrogens (tertiary/aromatic N) is 2. The molecule has 3 aromatic rings. The third-order valence-electron chi connectivity index (χ3n) is 6.48. The first-order valence-corrected chi connectivity index (χ1v) is 15.2. The lowest BCUT2D eigenvalue weighted by molar-refractivity contribution is -0.139. The van der Waals surface area contributed by atoms with Crippen LogP contribution < -0.4 is 14.4 Å². The molecule has 0 saturated heterocycles. The average molecular weight is 621 g/mol. The van der Waals surface area contributed by atoms with E-state index in [4.69, 9.17) is 27.9 Å². The number of nitrogens with one attached hydrogen (secondary N) is 1. The summed E-state index contributed by atoms with van der Waals surface area (Å²) in [4.78, 5) is 28.5. The van der Waals surface area contributed by atoms with Crippen molar-refractivity contribution in [3.05, 3.63) is 87.4 Å². The van der Waals surface area contributed by atoms with Gasteiger partial charge in [0.2, 0.25) is 11.8 Å². The predicted octanol–water partition coefficient (Wildman–Crippen LogP) is 5.76. The van der Waals surface area contributed by atoms with Crippen LogP contribution in [0.1, 0.15) is 37.5 Å². The van der Waals surface area contributed by atoms with Crippen molar-refractivity contribution in [1.82, 2.24) is 10.2 Å². The van der Waals surface area contributed by atoms with E-state index in [9.17, 15) is 18.0 Å². The van der Waals surface area contributed by atoms with Gasteiger partial charge in [-0.1, -0.05) is 53.0 Å². The summed E-state index contributed by atoms with van der Waals surface area (Å²) in [7, 11) is -2.82. The van der Waals surface area contributed by atoms with Gasteiger partial charge in [0.05, 0.1) is 17.7 Å². The van der Waals surface area contributed by atoms with E-state index in [1.165, 1.54) is 24.1 Å². The minimum atomic E-state index is -4.25. The summed E-state index contributed by atoms with van der Waals surface area (Å²) in [5.41, 5.74) is 2.28. The Labute approximate surface area is 252 Å². The van der Waals surface area contributed by atoms with Crippen LogP contribution in [0.15, 0.2) is 65.6 Å². The van der Waals surface area contributed by atoms with E-state index in [0.717, 1.165) is 15.4 Å². The van der Waals surface area contributed by atoms with Gasteiger partial charge in [-0.3, -0.25) is 13.9 Å². The summed E-state index contributed by atoms with van der Waals surface area (Å²) < 4.78 is 34.7. The first-order chi connectivity index (χ1) is 19.3. The Kier molecular flexibility index (Phi) is 10.7. The number of aryl methyl sites for hydroxylation is 2. The number of amides is 2. The van der Waals surface area contributed by atoms with Crippen LogP contribution in [0.3, 0.4) is 0 Å². The van der Waals surface area contributed by atoms with Gasteiger partial charge in [-0.05, 0) is 76.6 Å². The van der Waals surface area contributed by atoms with Crippen molar-refractivity contribution in [1.29, 1.82) is 0 Å². The van der Waals surface area contributed by atoms with E-state index in [2.05, 4.69) is 5.32 Å². The van der Waals surface area contributed by atoms with E-state index in [1.54, 1.807) is 55.5 Å². The van der Waals surface area contributed by atoms with Crippen molar-refractivity contribution in [2.24, 2.45) is 0 Å². The minimum absolute atomic E-state index is 0.00533. The topological polar surface area (TPSA) is 96.0 Å². The molecule has 0 aliphatic carbocycles. The zero-order valence-electron chi connectivity index (χ0n) is 23.9. The van der Waals surface area contributed by atoms with Gasteiger partial charge in [0, 0.05) is 28.2 Å². The van der Waals surface area contributed by atoms with Crippen LogP contribution in [0.5, 0.6) is 5.75 Å². The highest BCUT2D eigenvalue weighted by Crippen LogP contribution is 2.34. The van der Waals surface area contributed by atoms with E-state index in [-0.39, 0.29) is 28.9 Å². The molecule has 0 radical (unpaired) electrons. The first kappa shape index (κ1) is 32.2. The Morgan fingerprint density at radius 2 is 1.51 bits per heavy atom. The third-order valence-corrected chi connectivity index (χ3v) is 8.96. The molecule has 0 aliphatic rings. The number of benzene rings is 3. The highest BCUT2D eigenvalue weighted by molar-refractivity contribution is 7.92. The molecule has 8 nitrogen and oxygen atoms in total. The maximum absolute atomic E-state index is 14.1. The van der Waals surface area contributed by atoms with Gasteiger partial charge in [0.15, 0.2) is 0 Å². The summed E-state index contributed by atoms with van der Waals surface area (Å²) in [6, 6.07) is 15.2. The number of sulfonamides is 1. The van der Waals surface area contributed by atoms with Gasteiger partial charge in [0.25, 0.3) is 10.0 Å². The van der Waals surface area contributed by atoms with Crippen molar-refractivity contribution in [2.45, 2.75) is 58.1 Å². The Morgan fingerprint density at radius 3 is 2.07 bits per heavy atom. The van der Waals surface area contributed by atoms with Gasteiger partial charge in [0.1, 0.15) is 18.3 Å². The van der Waals surface area contributed by atoms with Crippen molar-refractivity contribution in [2.75, 3.05) is 18.0 Å². The van der Waals surface area contributed by atoms with Gasteiger partial charge < -0.3 is 15.0 Å². The number of carbonyl (C=O) groups excluding carboxylic acids is 2.